The highest BCUT2D eigenvalue weighted by Gasteiger charge is 2.49. The molecule has 0 saturated heterocycles. The van der Waals surface area contributed by atoms with Crippen molar-refractivity contribution < 1.29 is 9.90 Å². The van der Waals surface area contributed by atoms with E-state index in [9.17, 15) is 9.90 Å². The van der Waals surface area contributed by atoms with Crippen LogP contribution in [0.25, 0.3) is 11.1 Å². The Hall–Kier alpha value is -3.60. The number of nitrogens with zero attached hydrogens (tertiary/aromatic N) is 2. The third kappa shape index (κ3) is 2.91. The van der Waals surface area contributed by atoms with Crippen LogP contribution in [0.2, 0.25) is 0 Å². The number of carbonyl (C=O) groups excluding carboxylic acids is 1. The van der Waals surface area contributed by atoms with Crippen LogP contribution in [-0.2, 0) is 10.3 Å². The number of phenols is 1. The minimum Gasteiger partial charge on any atom is -0.508 e. The molecule has 1 amide bonds. The lowest BCUT2D eigenvalue weighted by atomic mass is 9.82. The van der Waals surface area contributed by atoms with Gasteiger partial charge in [-0.15, -0.1) is 0 Å². The van der Waals surface area contributed by atoms with E-state index < -0.39 is 5.54 Å². The molecule has 0 aliphatic carbocycles. The van der Waals surface area contributed by atoms with E-state index in [2.05, 4.69) is 4.99 Å². The molecule has 0 fully saturated rings. The Labute approximate surface area is 164 Å². The summed E-state index contributed by atoms with van der Waals surface area (Å²) in [6.07, 6.45) is 0. The zero-order valence-electron chi connectivity index (χ0n) is 14.8. The Bertz CT molecular complexity index is 1050. The first kappa shape index (κ1) is 19.2. The summed E-state index contributed by atoms with van der Waals surface area (Å²) < 4.78 is 0. The molecule has 1 aliphatic rings. The smallest absolute Gasteiger partial charge is 0.266 e. The summed E-state index contributed by atoms with van der Waals surface area (Å²) in [6, 6.07) is 24.1. The molecule has 142 valence electrons. The van der Waals surface area contributed by atoms with Gasteiger partial charge in [-0.3, -0.25) is 9.69 Å². The monoisotopic (exact) mass is 373 g/mol. The standard InChI is InChI=1S/C22H19N3O2.CH4/c1-25-20(27)22(24-21(25)23,17-9-3-2-4-10-17)18-11-5-7-15(13-18)16-8-6-12-19(26)14-16;/h2-14,26H,1H3,(H2,23,24);1H4. The molecule has 0 saturated carbocycles. The number of rotatable bonds is 3. The molecular weight excluding hydrogens is 350 g/mol. The number of hydrogen-bond donors (Lipinski definition) is 2. The molecule has 3 aromatic rings. The van der Waals surface area contributed by atoms with Crippen molar-refractivity contribution in [2.75, 3.05) is 7.05 Å². The molecule has 5 nitrogen and oxygen atoms in total. The highest BCUT2D eigenvalue weighted by Crippen LogP contribution is 2.40. The summed E-state index contributed by atoms with van der Waals surface area (Å²) >= 11 is 0. The van der Waals surface area contributed by atoms with Crippen molar-refractivity contribution in [3.05, 3.63) is 90.0 Å². The van der Waals surface area contributed by atoms with E-state index >= 15 is 0 Å². The predicted octanol–water partition coefficient (Wildman–Crippen LogP) is 3.73. The van der Waals surface area contributed by atoms with Crippen LogP contribution >= 0.6 is 0 Å². The first-order chi connectivity index (χ1) is 13.0. The second-order valence-corrected chi connectivity index (χ2v) is 6.54. The SMILES string of the molecule is C.CN1C(=O)C(c2ccccc2)(c2cccc(-c3cccc(O)c3)c2)N=C1N. The molecule has 1 aliphatic heterocycles. The lowest BCUT2D eigenvalue weighted by Crippen LogP contribution is -2.41. The van der Waals surface area contributed by atoms with Gasteiger partial charge in [-0.05, 0) is 40.5 Å². The summed E-state index contributed by atoms with van der Waals surface area (Å²) in [5.41, 5.74) is 8.02. The first-order valence-corrected chi connectivity index (χ1v) is 8.61. The lowest BCUT2D eigenvalue weighted by Gasteiger charge is -2.26. The zero-order valence-corrected chi connectivity index (χ0v) is 14.8. The molecule has 1 atom stereocenters. The molecule has 0 bridgehead atoms. The van der Waals surface area contributed by atoms with E-state index in [-0.39, 0.29) is 25.0 Å². The highest BCUT2D eigenvalue weighted by molar-refractivity contribution is 6.09. The number of benzene rings is 3. The van der Waals surface area contributed by atoms with Crippen molar-refractivity contribution in [1.29, 1.82) is 0 Å². The van der Waals surface area contributed by atoms with Crippen LogP contribution < -0.4 is 5.73 Å². The van der Waals surface area contributed by atoms with Gasteiger partial charge in [0.2, 0.25) is 0 Å². The van der Waals surface area contributed by atoms with Gasteiger partial charge < -0.3 is 10.8 Å². The van der Waals surface area contributed by atoms with Gasteiger partial charge >= 0.3 is 0 Å². The summed E-state index contributed by atoms with van der Waals surface area (Å²) in [5.74, 6) is 0.181. The van der Waals surface area contributed by atoms with Gasteiger partial charge in [0.15, 0.2) is 11.5 Å². The fourth-order valence-electron chi connectivity index (χ4n) is 3.47. The molecule has 0 spiro atoms. The number of carbonyl (C=O) groups is 1. The summed E-state index contributed by atoms with van der Waals surface area (Å²) in [5, 5.41) is 9.80. The van der Waals surface area contributed by atoms with Crippen LogP contribution in [0.5, 0.6) is 5.75 Å². The number of phenolic OH excluding ortho intramolecular Hbond substituents is 1. The van der Waals surface area contributed by atoms with Gasteiger partial charge in [0.1, 0.15) is 5.75 Å². The minimum absolute atomic E-state index is 0. The van der Waals surface area contributed by atoms with Crippen LogP contribution in [0.15, 0.2) is 83.9 Å². The Kier molecular flexibility index (Phi) is 4.92. The van der Waals surface area contributed by atoms with E-state index in [0.29, 0.717) is 0 Å². The maximum Gasteiger partial charge on any atom is 0.266 e. The van der Waals surface area contributed by atoms with Crippen LogP contribution in [-0.4, -0.2) is 28.9 Å². The van der Waals surface area contributed by atoms with Crippen LogP contribution in [0.4, 0.5) is 0 Å². The molecule has 28 heavy (non-hydrogen) atoms. The molecule has 5 heteroatoms. The van der Waals surface area contributed by atoms with Crippen molar-refractivity contribution in [2.24, 2.45) is 10.7 Å². The number of amides is 1. The van der Waals surface area contributed by atoms with Crippen molar-refractivity contribution in [3.63, 3.8) is 0 Å². The van der Waals surface area contributed by atoms with Gasteiger partial charge in [-0.2, -0.15) is 0 Å². The van der Waals surface area contributed by atoms with E-state index in [1.54, 1.807) is 25.2 Å². The Morgan fingerprint density at radius 2 is 1.50 bits per heavy atom. The van der Waals surface area contributed by atoms with Gasteiger partial charge in [-0.1, -0.05) is 68.1 Å². The normalized spacial score (nSPS) is 18.5. The highest BCUT2D eigenvalue weighted by atomic mass is 16.3. The van der Waals surface area contributed by atoms with Crippen LogP contribution in [0, 0.1) is 0 Å². The number of aromatic hydroxyl groups is 1. The average Bonchev–Trinajstić information content (AvgIpc) is 2.94. The summed E-state index contributed by atoms with van der Waals surface area (Å²) in [4.78, 5) is 19.2. The largest absolute Gasteiger partial charge is 0.508 e. The van der Waals surface area contributed by atoms with Crippen LogP contribution in [0.1, 0.15) is 18.6 Å². The van der Waals surface area contributed by atoms with Crippen molar-refractivity contribution in [3.8, 4) is 16.9 Å². The number of hydrogen-bond acceptors (Lipinski definition) is 4. The van der Waals surface area contributed by atoms with E-state index in [4.69, 9.17) is 5.73 Å². The second kappa shape index (κ2) is 7.19. The molecule has 1 unspecified atom stereocenters. The molecular formula is C23H23N3O2. The topological polar surface area (TPSA) is 78.9 Å². The summed E-state index contributed by atoms with van der Waals surface area (Å²) in [6.45, 7) is 0. The van der Waals surface area contributed by atoms with Crippen molar-refractivity contribution >= 4 is 11.9 Å². The fourth-order valence-corrected chi connectivity index (χ4v) is 3.47. The van der Waals surface area contributed by atoms with Gasteiger partial charge in [0, 0.05) is 7.05 Å². The number of aliphatic imine (C=N–C) groups is 1. The minimum atomic E-state index is -1.22. The van der Waals surface area contributed by atoms with E-state index in [0.717, 1.165) is 22.3 Å². The predicted molar refractivity (Wildman–Crippen MR) is 112 cm³/mol. The zero-order chi connectivity index (χ0) is 19.0. The molecule has 0 aromatic heterocycles. The number of guanidine groups is 1. The third-order valence-electron chi connectivity index (χ3n) is 4.89. The van der Waals surface area contributed by atoms with Crippen molar-refractivity contribution in [2.45, 2.75) is 13.0 Å². The van der Waals surface area contributed by atoms with Gasteiger partial charge in [-0.25, -0.2) is 4.99 Å². The maximum absolute atomic E-state index is 13.2. The maximum atomic E-state index is 13.2. The Balaban J connectivity index is 0.00000225. The fraction of sp³-hybridized carbons (Fsp3) is 0.130. The average molecular weight is 373 g/mol. The summed E-state index contributed by atoms with van der Waals surface area (Å²) in [7, 11) is 1.63. The quantitative estimate of drug-likeness (QED) is 0.734. The Morgan fingerprint density at radius 3 is 2.11 bits per heavy atom. The van der Waals surface area contributed by atoms with Gasteiger partial charge in [0.25, 0.3) is 5.91 Å². The molecule has 4 rings (SSSR count). The molecule has 3 N–H and O–H groups in total. The van der Waals surface area contributed by atoms with Crippen molar-refractivity contribution in [1.82, 2.24) is 4.90 Å². The molecule has 0 radical (unpaired) electrons. The van der Waals surface area contributed by atoms with Crippen LogP contribution in [0.3, 0.4) is 0 Å². The first-order valence-electron chi connectivity index (χ1n) is 8.61. The molecule has 1 heterocycles. The third-order valence-corrected chi connectivity index (χ3v) is 4.89. The van der Waals surface area contributed by atoms with Gasteiger partial charge in [0.05, 0.1) is 0 Å². The number of nitrogens with two attached hydrogens (primary N) is 1. The second-order valence-electron chi connectivity index (χ2n) is 6.54. The lowest BCUT2D eigenvalue weighted by molar-refractivity contribution is -0.129. The molecule has 3 aromatic carbocycles. The number of likely N-dealkylation sites (N-methyl/N-ethyl adjacent to an activating group) is 1. The Morgan fingerprint density at radius 1 is 0.893 bits per heavy atom. The van der Waals surface area contributed by atoms with E-state index in [1.807, 2.05) is 60.7 Å². The van der Waals surface area contributed by atoms with E-state index in [1.165, 1.54) is 4.90 Å².